The van der Waals surface area contributed by atoms with Crippen LogP contribution in [0.4, 0.5) is 13.2 Å². The van der Waals surface area contributed by atoms with Gasteiger partial charge in [-0.2, -0.15) is 0 Å². The SMILES string of the molecule is C[Si](C)(C)c1cc2c(cc1I(OS(=O)(=O)C(F)(F)F)c1ccccc1)C1c3ccccc3C2c2ccccc21. The fourth-order valence-electron chi connectivity index (χ4n) is 5.74. The first kappa shape index (κ1) is 26.7. The fourth-order valence-corrected chi connectivity index (χ4v) is 16.8. The van der Waals surface area contributed by atoms with Crippen molar-refractivity contribution in [3.8, 4) is 0 Å². The molecule has 4 aromatic rings. The Bertz CT molecular complexity index is 1650. The minimum absolute atomic E-state index is 0.0142. The Morgan fingerprint density at radius 3 is 1.56 bits per heavy atom. The Balaban J connectivity index is 1.64. The second kappa shape index (κ2) is 9.29. The number of rotatable bonds is 5. The Morgan fingerprint density at radius 1 is 0.692 bits per heavy atom. The summed E-state index contributed by atoms with van der Waals surface area (Å²) in [5, 5.41) is 0.954. The number of hydrogen-bond donors (Lipinski definition) is 0. The molecule has 0 saturated carbocycles. The average Bonchev–Trinajstić information content (AvgIpc) is 2.90. The van der Waals surface area contributed by atoms with Crippen LogP contribution in [0.2, 0.25) is 19.6 Å². The third-order valence-electron chi connectivity index (χ3n) is 7.38. The van der Waals surface area contributed by atoms with Gasteiger partial charge in [0.25, 0.3) is 0 Å². The summed E-state index contributed by atoms with van der Waals surface area (Å²) in [6.07, 6.45) is 0. The van der Waals surface area contributed by atoms with Gasteiger partial charge in [0.1, 0.15) is 0 Å². The molecule has 3 nitrogen and oxygen atoms in total. The summed E-state index contributed by atoms with van der Waals surface area (Å²) < 4.78 is 72.0. The van der Waals surface area contributed by atoms with Crippen LogP contribution >= 0.6 is 20.2 Å². The van der Waals surface area contributed by atoms with Gasteiger partial charge in [0.05, 0.1) is 0 Å². The Hall–Kier alpha value is -2.47. The van der Waals surface area contributed by atoms with Crippen molar-refractivity contribution < 1.29 is 24.1 Å². The van der Waals surface area contributed by atoms with E-state index in [0.717, 1.165) is 16.3 Å². The van der Waals surface area contributed by atoms with Crippen LogP contribution in [0.25, 0.3) is 0 Å². The van der Waals surface area contributed by atoms with Crippen LogP contribution in [0.5, 0.6) is 0 Å². The molecule has 7 rings (SSSR count). The van der Waals surface area contributed by atoms with E-state index in [0.29, 0.717) is 7.14 Å². The molecular formula is C30H26F3IO3SSi. The van der Waals surface area contributed by atoms with Crippen molar-refractivity contribution in [1.82, 2.24) is 0 Å². The summed E-state index contributed by atoms with van der Waals surface area (Å²) in [6.45, 7) is 6.41. The van der Waals surface area contributed by atoms with E-state index in [1.165, 1.54) is 22.3 Å². The quantitative estimate of drug-likeness (QED) is 0.108. The average molecular weight is 679 g/mol. The number of alkyl halides is 3. The van der Waals surface area contributed by atoms with Gasteiger partial charge < -0.3 is 0 Å². The molecule has 0 spiro atoms. The Labute approximate surface area is 235 Å². The molecule has 0 heterocycles. The fraction of sp³-hybridized carbons (Fsp3) is 0.200. The van der Waals surface area contributed by atoms with Crippen LogP contribution in [0.1, 0.15) is 45.2 Å². The van der Waals surface area contributed by atoms with E-state index >= 15 is 0 Å². The predicted molar refractivity (Wildman–Crippen MR) is 158 cm³/mol. The molecule has 0 N–H and O–H groups in total. The van der Waals surface area contributed by atoms with Gasteiger partial charge in [-0.05, 0) is 0 Å². The zero-order chi connectivity index (χ0) is 27.7. The summed E-state index contributed by atoms with van der Waals surface area (Å²) in [5.74, 6) is -0.0695. The molecule has 9 heteroatoms. The zero-order valence-electron chi connectivity index (χ0n) is 21.5. The first-order valence-corrected chi connectivity index (χ1v) is 20.5. The first-order chi connectivity index (χ1) is 18.4. The van der Waals surface area contributed by atoms with Gasteiger partial charge in [0.15, 0.2) is 0 Å². The maximum atomic E-state index is 13.6. The molecule has 0 fully saturated rings. The Morgan fingerprint density at radius 2 is 1.13 bits per heavy atom. The second-order valence-electron chi connectivity index (χ2n) is 10.8. The summed E-state index contributed by atoms with van der Waals surface area (Å²) in [6, 6.07) is 29.4. The predicted octanol–water partition coefficient (Wildman–Crippen LogP) is 7.55. The molecule has 0 radical (unpaired) electrons. The number of hydrogen-bond acceptors (Lipinski definition) is 3. The van der Waals surface area contributed by atoms with Crippen molar-refractivity contribution in [2.45, 2.75) is 37.0 Å². The van der Waals surface area contributed by atoms with Gasteiger partial charge in [0.2, 0.25) is 0 Å². The van der Waals surface area contributed by atoms with Crippen molar-refractivity contribution in [3.63, 3.8) is 0 Å². The molecule has 3 aliphatic carbocycles. The van der Waals surface area contributed by atoms with Gasteiger partial charge in [-0.25, -0.2) is 0 Å². The summed E-state index contributed by atoms with van der Waals surface area (Å²) in [5.41, 5.74) is 1.55. The van der Waals surface area contributed by atoms with E-state index in [1.807, 2.05) is 30.3 Å². The van der Waals surface area contributed by atoms with E-state index in [9.17, 15) is 21.6 Å². The van der Waals surface area contributed by atoms with Crippen molar-refractivity contribution in [1.29, 1.82) is 0 Å². The topological polar surface area (TPSA) is 43.4 Å². The molecular weight excluding hydrogens is 652 g/mol. The molecule has 0 saturated heterocycles. The molecule has 2 bridgehead atoms. The molecule has 202 valence electrons. The first-order valence-electron chi connectivity index (χ1n) is 12.5. The van der Waals surface area contributed by atoms with Crippen LogP contribution in [0.3, 0.4) is 0 Å². The van der Waals surface area contributed by atoms with Gasteiger partial charge in [0, 0.05) is 0 Å². The summed E-state index contributed by atoms with van der Waals surface area (Å²) in [4.78, 5) is 0. The molecule has 3 aliphatic rings. The third-order valence-corrected chi connectivity index (χ3v) is 17.1. The summed E-state index contributed by atoms with van der Waals surface area (Å²) >= 11 is -3.58. The van der Waals surface area contributed by atoms with Gasteiger partial charge in [-0.1, -0.05) is 0 Å². The normalized spacial score (nSPS) is 18.3. The number of benzene rings is 4. The minimum atomic E-state index is -5.80. The monoisotopic (exact) mass is 678 g/mol. The van der Waals surface area contributed by atoms with Gasteiger partial charge >= 0.3 is 236 Å². The van der Waals surface area contributed by atoms with Crippen molar-refractivity contribution >= 4 is 43.6 Å². The van der Waals surface area contributed by atoms with Crippen LogP contribution in [-0.2, 0) is 12.6 Å². The van der Waals surface area contributed by atoms with E-state index in [4.69, 9.17) is 2.51 Å². The molecule has 4 aromatic carbocycles. The number of halogens is 4. The van der Waals surface area contributed by atoms with E-state index in [-0.39, 0.29) is 11.8 Å². The van der Waals surface area contributed by atoms with Crippen LogP contribution < -0.4 is 5.19 Å². The molecule has 0 aromatic heterocycles. The van der Waals surface area contributed by atoms with Gasteiger partial charge in [-0.15, -0.1) is 0 Å². The molecule has 0 unspecified atom stereocenters. The molecule has 0 amide bonds. The summed E-state index contributed by atoms with van der Waals surface area (Å²) in [7, 11) is -7.98. The van der Waals surface area contributed by atoms with Crippen molar-refractivity contribution in [2.24, 2.45) is 0 Å². The van der Waals surface area contributed by atoms with Crippen LogP contribution in [-0.4, -0.2) is 22.0 Å². The molecule has 0 atom stereocenters. The van der Waals surface area contributed by atoms with Gasteiger partial charge in [-0.3, -0.25) is 0 Å². The van der Waals surface area contributed by atoms with E-state index in [2.05, 4.69) is 50.0 Å². The molecule has 39 heavy (non-hydrogen) atoms. The van der Waals surface area contributed by atoms with Crippen molar-refractivity contribution in [2.75, 3.05) is 0 Å². The molecule has 0 aliphatic heterocycles. The second-order valence-corrected chi connectivity index (χ2v) is 22.3. The van der Waals surface area contributed by atoms with Crippen LogP contribution in [0.15, 0.2) is 91.0 Å². The maximum absolute atomic E-state index is 13.6. The van der Waals surface area contributed by atoms with E-state index in [1.54, 1.807) is 30.3 Å². The third kappa shape index (κ3) is 4.38. The van der Waals surface area contributed by atoms with Crippen LogP contribution in [0, 0.1) is 7.14 Å². The van der Waals surface area contributed by atoms with E-state index < -0.39 is 43.9 Å². The van der Waals surface area contributed by atoms with Crippen molar-refractivity contribution in [3.05, 3.63) is 132 Å². The standard InChI is InChI=1S/C30H26F3IO3SSi/c1-39(2,3)27-18-25-24(28-20-13-7-9-15-22(20)29(25)23-16-10-8-14-21(23)28)17-26(27)34(19-11-5-4-6-12-19)37-38(35,36)30(31,32)33/h4-18,28-29H,1-3H3. The zero-order valence-corrected chi connectivity index (χ0v) is 25.4. The Kier molecular flexibility index (Phi) is 6.37.